The number of aliphatic imine (C=N–C) groups is 1. The summed E-state index contributed by atoms with van der Waals surface area (Å²) in [6, 6.07) is 13.8. The molecule has 1 aliphatic heterocycles. The molecule has 2 heterocycles. The second kappa shape index (κ2) is 5.90. The Morgan fingerprint density at radius 3 is 2.71 bits per heavy atom. The van der Waals surface area contributed by atoms with Gasteiger partial charge in [-0.1, -0.05) is 29.5 Å². The van der Waals surface area contributed by atoms with E-state index in [0.717, 1.165) is 16.8 Å². The standard InChI is InChI=1S/C18H12FN3OS/c19-12-5-7-13(8-6-12)21-18-22-17(23)16(24-18)9-11-10-20-15-4-2-1-3-14(11)15/h1-10,23H,(H,21,22)/b11-9-. The third kappa shape index (κ3) is 2.79. The van der Waals surface area contributed by atoms with Crippen LogP contribution < -0.4 is 5.32 Å². The summed E-state index contributed by atoms with van der Waals surface area (Å²) in [5, 5.41) is 13.7. The van der Waals surface area contributed by atoms with E-state index in [-0.39, 0.29) is 11.7 Å². The molecule has 3 aromatic rings. The van der Waals surface area contributed by atoms with Gasteiger partial charge in [0.1, 0.15) is 5.82 Å². The number of aromatic nitrogens is 1. The molecule has 1 aromatic heterocycles. The van der Waals surface area contributed by atoms with Gasteiger partial charge < -0.3 is 10.4 Å². The van der Waals surface area contributed by atoms with Gasteiger partial charge in [0.25, 0.3) is 0 Å². The Morgan fingerprint density at radius 1 is 1.08 bits per heavy atom. The van der Waals surface area contributed by atoms with Crippen LogP contribution in [0.25, 0.3) is 11.6 Å². The Balaban J connectivity index is 1.62. The first-order chi connectivity index (χ1) is 11.7. The van der Waals surface area contributed by atoms with Crippen molar-refractivity contribution in [3.63, 3.8) is 0 Å². The monoisotopic (exact) mass is 337 g/mol. The Bertz CT molecular complexity index is 961. The van der Waals surface area contributed by atoms with Crippen LogP contribution in [0.15, 0.2) is 53.5 Å². The van der Waals surface area contributed by atoms with Crippen LogP contribution in [0, 0.1) is 5.82 Å². The number of thiazole rings is 1. The molecule has 0 fully saturated rings. The van der Waals surface area contributed by atoms with Gasteiger partial charge in [0.15, 0.2) is 5.13 Å². The number of rotatable bonds is 3. The molecular formula is C18H12FN3OS. The molecule has 0 unspecified atom stereocenters. The van der Waals surface area contributed by atoms with Crippen LogP contribution in [0.2, 0.25) is 0 Å². The number of benzene rings is 2. The van der Waals surface area contributed by atoms with Crippen LogP contribution in [0.4, 0.5) is 20.9 Å². The molecular weight excluding hydrogens is 325 g/mol. The van der Waals surface area contributed by atoms with Crippen molar-refractivity contribution in [3.05, 3.63) is 64.8 Å². The molecule has 2 N–H and O–H groups in total. The summed E-state index contributed by atoms with van der Waals surface area (Å²) < 4.78 is 12.9. The highest BCUT2D eigenvalue weighted by atomic mass is 32.1. The van der Waals surface area contributed by atoms with Crippen molar-refractivity contribution in [2.45, 2.75) is 0 Å². The van der Waals surface area contributed by atoms with E-state index in [1.165, 1.54) is 23.5 Å². The summed E-state index contributed by atoms with van der Waals surface area (Å²) >= 11 is 1.32. The molecule has 0 radical (unpaired) electrons. The van der Waals surface area contributed by atoms with E-state index in [9.17, 15) is 9.50 Å². The highest BCUT2D eigenvalue weighted by Gasteiger charge is 2.14. The Hall–Kier alpha value is -2.99. The first-order valence-corrected chi connectivity index (χ1v) is 8.08. The highest BCUT2D eigenvalue weighted by Crippen LogP contribution is 2.37. The van der Waals surface area contributed by atoms with Crippen LogP contribution in [0.3, 0.4) is 0 Å². The maximum absolute atomic E-state index is 12.9. The van der Waals surface area contributed by atoms with E-state index in [1.54, 1.807) is 18.3 Å². The van der Waals surface area contributed by atoms with Crippen LogP contribution in [-0.2, 0) is 0 Å². The number of hydrogen-bond acceptors (Lipinski definition) is 5. The van der Waals surface area contributed by atoms with Crippen LogP contribution in [0.1, 0.15) is 10.4 Å². The lowest BCUT2D eigenvalue weighted by molar-refractivity contribution is 0.457. The number of aromatic hydroxyl groups is 1. The average Bonchev–Trinajstić information content (AvgIpc) is 3.14. The summed E-state index contributed by atoms with van der Waals surface area (Å²) in [6.45, 7) is 0. The number of nitrogens with zero attached hydrogens (tertiary/aromatic N) is 2. The topological polar surface area (TPSA) is 57.5 Å². The minimum absolute atomic E-state index is 0.0464. The maximum Gasteiger partial charge on any atom is 0.231 e. The molecule has 0 saturated carbocycles. The van der Waals surface area contributed by atoms with Crippen molar-refractivity contribution in [1.82, 2.24) is 4.98 Å². The molecule has 118 valence electrons. The van der Waals surface area contributed by atoms with Gasteiger partial charge >= 0.3 is 0 Å². The minimum Gasteiger partial charge on any atom is -0.492 e. The molecule has 0 spiro atoms. The smallest absolute Gasteiger partial charge is 0.231 e. The molecule has 0 saturated heterocycles. The lowest BCUT2D eigenvalue weighted by Crippen LogP contribution is -1.88. The van der Waals surface area contributed by atoms with E-state index >= 15 is 0 Å². The fraction of sp³-hybridized carbons (Fsp3) is 0. The quantitative estimate of drug-likeness (QED) is 0.708. The van der Waals surface area contributed by atoms with Crippen LogP contribution in [-0.4, -0.2) is 16.3 Å². The SMILES string of the molecule is Oc1nc(Nc2ccc(F)cc2)sc1/C=C1/C=Nc2ccccc21. The third-order valence-corrected chi connectivity index (χ3v) is 4.48. The van der Waals surface area contributed by atoms with E-state index in [1.807, 2.05) is 30.3 Å². The van der Waals surface area contributed by atoms with Crippen LogP contribution in [0.5, 0.6) is 5.88 Å². The number of para-hydroxylation sites is 1. The number of halogens is 1. The highest BCUT2D eigenvalue weighted by molar-refractivity contribution is 7.16. The van der Waals surface area contributed by atoms with Gasteiger partial charge in [0.2, 0.25) is 5.88 Å². The first-order valence-electron chi connectivity index (χ1n) is 7.26. The van der Waals surface area contributed by atoms with E-state index in [4.69, 9.17) is 0 Å². The summed E-state index contributed by atoms with van der Waals surface area (Å²) in [7, 11) is 0. The van der Waals surface area contributed by atoms with Gasteiger partial charge in [-0.3, -0.25) is 4.99 Å². The van der Waals surface area contributed by atoms with Gasteiger partial charge in [-0.05, 0) is 36.4 Å². The van der Waals surface area contributed by atoms with Crippen molar-refractivity contribution in [2.75, 3.05) is 5.32 Å². The van der Waals surface area contributed by atoms with Gasteiger partial charge in [-0.15, -0.1) is 0 Å². The number of fused-ring (bicyclic) bond motifs is 1. The lowest BCUT2D eigenvalue weighted by Gasteiger charge is -2.00. The normalized spacial score (nSPS) is 14.1. The largest absolute Gasteiger partial charge is 0.492 e. The second-order valence-corrected chi connectivity index (χ2v) is 6.24. The predicted molar refractivity (Wildman–Crippen MR) is 95.9 cm³/mol. The Morgan fingerprint density at radius 2 is 1.88 bits per heavy atom. The average molecular weight is 337 g/mol. The summed E-state index contributed by atoms with van der Waals surface area (Å²) in [4.78, 5) is 9.09. The first kappa shape index (κ1) is 14.6. The molecule has 24 heavy (non-hydrogen) atoms. The number of allylic oxidation sites excluding steroid dienone is 1. The van der Waals surface area contributed by atoms with Crippen molar-refractivity contribution < 1.29 is 9.50 Å². The molecule has 0 aliphatic carbocycles. The minimum atomic E-state index is -0.299. The van der Waals surface area contributed by atoms with E-state index in [2.05, 4.69) is 15.3 Å². The molecule has 0 bridgehead atoms. The maximum atomic E-state index is 12.9. The van der Waals surface area contributed by atoms with E-state index in [0.29, 0.717) is 15.7 Å². The van der Waals surface area contributed by atoms with Gasteiger partial charge in [-0.25, -0.2) is 4.39 Å². The summed E-state index contributed by atoms with van der Waals surface area (Å²) in [6.07, 6.45) is 3.63. The number of anilines is 2. The van der Waals surface area contributed by atoms with Crippen molar-refractivity contribution in [3.8, 4) is 5.88 Å². The molecule has 0 amide bonds. The fourth-order valence-electron chi connectivity index (χ4n) is 2.42. The van der Waals surface area contributed by atoms with Gasteiger partial charge in [0.05, 0.1) is 10.6 Å². The summed E-state index contributed by atoms with van der Waals surface area (Å²) in [5.41, 5.74) is 3.57. The Kier molecular flexibility index (Phi) is 3.59. The second-order valence-electron chi connectivity index (χ2n) is 5.21. The van der Waals surface area contributed by atoms with E-state index < -0.39 is 0 Å². The fourth-order valence-corrected chi connectivity index (χ4v) is 3.26. The third-order valence-electron chi connectivity index (χ3n) is 3.57. The molecule has 1 aliphatic rings. The zero-order valence-corrected chi connectivity index (χ0v) is 13.2. The number of nitrogens with one attached hydrogen (secondary N) is 1. The van der Waals surface area contributed by atoms with Gasteiger partial charge in [0, 0.05) is 23.0 Å². The zero-order chi connectivity index (χ0) is 16.5. The summed E-state index contributed by atoms with van der Waals surface area (Å²) in [5.74, 6) is -0.345. The zero-order valence-electron chi connectivity index (χ0n) is 12.4. The van der Waals surface area contributed by atoms with Crippen molar-refractivity contribution in [2.24, 2.45) is 4.99 Å². The van der Waals surface area contributed by atoms with Crippen LogP contribution >= 0.6 is 11.3 Å². The predicted octanol–water partition coefficient (Wildman–Crippen LogP) is 4.99. The molecule has 2 aromatic carbocycles. The van der Waals surface area contributed by atoms with Crippen molar-refractivity contribution in [1.29, 1.82) is 0 Å². The Labute approximate surface area is 141 Å². The molecule has 0 atom stereocenters. The lowest BCUT2D eigenvalue weighted by atomic mass is 10.1. The molecule has 6 heteroatoms. The molecule has 4 rings (SSSR count). The number of hydrogen-bond donors (Lipinski definition) is 2. The molecule has 4 nitrogen and oxygen atoms in total. The van der Waals surface area contributed by atoms with Gasteiger partial charge in [-0.2, -0.15) is 4.98 Å². The van der Waals surface area contributed by atoms with Crippen molar-refractivity contribution >= 4 is 45.7 Å².